The van der Waals surface area contributed by atoms with Crippen molar-refractivity contribution in [2.75, 3.05) is 6.54 Å². The predicted octanol–water partition coefficient (Wildman–Crippen LogP) is 6.19. The summed E-state index contributed by atoms with van der Waals surface area (Å²) >= 11 is 0. The fourth-order valence-corrected chi connectivity index (χ4v) is 3.93. The molecular formula is C25H30F2N2O. The van der Waals surface area contributed by atoms with Gasteiger partial charge in [-0.2, -0.15) is 5.10 Å². The zero-order valence-electron chi connectivity index (χ0n) is 18.0. The van der Waals surface area contributed by atoms with Crippen molar-refractivity contribution in [3.63, 3.8) is 0 Å². The second-order valence-corrected chi connectivity index (χ2v) is 8.68. The zero-order chi connectivity index (χ0) is 21.7. The molecule has 1 atom stereocenters. The van der Waals surface area contributed by atoms with Crippen LogP contribution < -0.4 is 0 Å². The Morgan fingerprint density at radius 1 is 1.03 bits per heavy atom. The van der Waals surface area contributed by atoms with Crippen LogP contribution >= 0.6 is 0 Å². The number of halogens is 2. The van der Waals surface area contributed by atoms with Crippen molar-refractivity contribution in [3.8, 4) is 0 Å². The molecule has 5 heteroatoms. The van der Waals surface area contributed by atoms with Crippen molar-refractivity contribution in [1.82, 2.24) is 5.01 Å². The van der Waals surface area contributed by atoms with E-state index in [9.17, 15) is 13.6 Å². The van der Waals surface area contributed by atoms with Crippen LogP contribution in [0.25, 0.3) is 0 Å². The van der Waals surface area contributed by atoms with Crippen LogP contribution in [0.4, 0.5) is 8.78 Å². The number of rotatable bonds is 9. The van der Waals surface area contributed by atoms with Crippen LogP contribution in [0.2, 0.25) is 0 Å². The van der Waals surface area contributed by atoms with Crippen molar-refractivity contribution < 1.29 is 13.6 Å². The molecule has 0 radical (unpaired) electrons. The summed E-state index contributed by atoms with van der Waals surface area (Å²) < 4.78 is 26.6. The molecule has 3 rings (SSSR count). The Morgan fingerprint density at radius 2 is 1.63 bits per heavy atom. The number of carbonyl (C=O) groups is 1. The molecule has 0 N–H and O–H groups in total. The second-order valence-electron chi connectivity index (χ2n) is 8.68. The summed E-state index contributed by atoms with van der Waals surface area (Å²) in [7, 11) is 0. The predicted molar refractivity (Wildman–Crippen MR) is 116 cm³/mol. The first-order valence-corrected chi connectivity index (χ1v) is 10.7. The van der Waals surface area contributed by atoms with Crippen molar-refractivity contribution >= 4 is 11.5 Å². The molecule has 0 bridgehead atoms. The molecule has 3 nitrogen and oxygen atoms in total. The summed E-state index contributed by atoms with van der Waals surface area (Å²) in [4.78, 5) is 13.1. The van der Waals surface area contributed by atoms with Gasteiger partial charge in [0.1, 0.15) is 17.3 Å². The first-order chi connectivity index (χ1) is 14.3. The first kappa shape index (κ1) is 22.1. The van der Waals surface area contributed by atoms with E-state index < -0.39 is 5.41 Å². The molecule has 0 saturated carbocycles. The average molecular weight is 413 g/mol. The molecule has 1 aliphatic heterocycles. The summed E-state index contributed by atoms with van der Waals surface area (Å²) in [5.74, 6) is -0.548. The molecule has 2 aromatic rings. The SMILES string of the molecule is CCCCCN1N=C(C(=O)CC(C)(C)c2ccc(F)cc2)CC1c1ccc(F)cc1. The number of hydrazone groups is 1. The van der Waals surface area contributed by atoms with Gasteiger partial charge in [0.05, 0.1) is 6.04 Å². The summed E-state index contributed by atoms with van der Waals surface area (Å²) in [5.41, 5.74) is 2.04. The Labute approximate surface area is 177 Å². The highest BCUT2D eigenvalue weighted by molar-refractivity contribution is 6.40. The molecule has 0 saturated heterocycles. The fourth-order valence-electron chi connectivity index (χ4n) is 3.93. The minimum Gasteiger partial charge on any atom is -0.293 e. The lowest BCUT2D eigenvalue weighted by atomic mass is 9.79. The minimum absolute atomic E-state index is 0.00873. The highest BCUT2D eigenvalue weighted by Gasteiger charge is 2.34. The van der Waals surface area contributed by atoms with Crippen molar-refractivity contribution in [3.05, 3.63) is 71.3 Å². The summed E-state index contributed by atoms with van der Waals surface area (Å²) in [5, 5.41) is 6.67. The number of hydrogen-bond acceptors (Lipinski definition) is 3. The smallest absolute Gasteiger partial charge is 0.179 e. The minimum atomic E-state index is -0.422. The first-order valence-electron chi connectivity index (χ1n) is 10.7. The Bertz CT molecular complexity index is 888. The van der Waals surface area contributed by atoms with Gasteiger partial charge < -0.3 is 0 Å². The molecule has 1 unspecified atom stereocenters. The molecule has 160 valence electrons. The lowest BCUT2D eigenvalue weighted by molar-refractivity contribution is -0.114. The Kier molecular flexibility index (Phi) is 7.01. The Balaban J connectivity index is 1.76. The fraction of sp³-hybridized carbons (Fsp3) is 0.440. The van der Waals surface area contributed by atoms with Gasteiger partial charge in [-0.15, -0.1) is 0 Å². The number of nitrogens with zero attached hydrogens (tertiary/aromatic N) is 2. The topological polar surface area (TPSA) is 32.7 Å². The van der Waals surface area contributed by atoms with Crippen molar-refractivity contribution in [1.29, 1.82) is 0 Å². The van der Waals surface area contributed by atoms with Gasteiger partial charge in [0, 0.05) is 19.4 Å². The lowest BCUT2D eigenvalue weighted by Crippen LogP contribution is -2.26. The van der Waals surface area contributed by atoms with Crippen LogP contribution in [0.3, 0.4) is 0 Å². The molecule has 2 aromatic carbocycles. The van der Waals surface area contributed by atoms with Gasteiger partial charge in [0.15, 0.2) is 5.78 Å². The van der Waals surface area contributed by atoms with Gasteiger partial charge in [-0.1, -0.05) is 57.9 Å². The zero-order valence-corrected chi connectivity index (χ0v) is 18.0. The van der Waals surface area contributed by atoms with Gasteiger partial charge >= 0.3 is 0 Å². The number of hydrogen-bond donors (Lipinski definition) is 0. The summed E-state index contributed by atoms with van der Waals surface area (Å²) in [6.07, 6.45) is 4.03. The van der Waals surface area contributed by atoms with Gasteiger partial charge in [0.2, 0.25) is 0 Å². The largest absolute Gasteiger partial charge is 0.293 e. The maximum Gasteiger partial charge on any atom is 0.179 e. The second kappa shape index (κ2) is 9.50. The molecule has 0 aromatic heterocycles. The molecule has 0 aliphatic carbocycles. The number of ketones is 1. The van der Waals surface area contributed by atoms with Crippen molar-refractivity contribution in [2.24, 2.45) is 5.10 Å². The van der Waals surface area contributed by atoms with Crippen LogP contribution in [0, 0.1) is 11.6 Å². The third kappa shape index (κ3) is 5.32. The molecule has 1 heterocycles. The summed E-state index contributed by atoms with van der Waals surface area (Å²) in [6.45, 7) is 6.90. The van der Waals surface area contributed by atoms with E-state index in [1.807, 2.05) is 18.9 Å². The highest BCUT2D eigenvalue weighted by Crippen LogP contribution is 2.34. The van der Waals surface area contributed by atoms with Crippen LogP contribution in [-0.4, -0.2) is 23.0 Å². The van der Waals surface area contributed by atoms with E-state index in [2.05, 4.69) is 12.0 Å². The van der Waals surface area contributed by atoms with Crippen molar-refractivity contribution in [2.45, 2.75) is 64.3 Å². The Hall–Kier alpha value is -2.56. The highest BCUT2D eigenvalue weighted by atomic mass is 19.1. The maximum absolute atomic E-state index is 13.4. The van der Waals surface area contributed by atoms with E-state index in [1.165, 1.54) is 24.3 Å². The van der Waals surface area contributed by atoms with Gasteiger partial charge in [-0.3, -0.25) is 9.80 Å². The molecular weight excluding hydrogens is 382 g/mol. The standard InChI is InChI=1S/C25H30F2N2O/c1-4-5-6-15-29-23(18-7-11-20(26)12-8-18)16-22(28-29)24(30)17-25(2,3)19-9-13-21(27)14-10-19/h7-14,23H,4-6,15-17H2,1-3H3. The molecule has 0 fully saturated rings. The van der Waals surface area contributed by atoms with E-state index in [0.29, 0.717) is 18.6 Å². The number of Topliss-reactive ketones (excluding diaryl/α,β-unsaturated/α-hetero) is 1. The van der Waals surface area contributed by atoms with Crippen LogP contribution in [0.15, 0.2) is 53.6 Å². The van der Waals surface area contributed by atoms with E-state index >= 15 is 0 Å². The molecule has 0 spiro atoms. The number of unbranched alkanes of at least 4 members (excludes halogenated alkanes) is 2. The third-order valence-electron chi connectivity index (χ3n) is 5.79. The summed E-state index contributed by atoms with van der Waals surface area (Å²) in [6, 6.07) is 12.7. The van der Waals surface area contributed by atoms with E-state index in [0.717, 1.165) is 36.9 Å². The number of benzene rings is 2. The van der Waals surface area contributed by atoms with Crippen LogP contribution in [-0.2, 0) is 10.2 Å². The monoisotopic (exact) mass is 412 g/mol. The van der Waals surface area contributed by atoms with Gasteiger partial charge in [-0.25, -0.2) is 8.78 Å². The van der Waals surface area contributed by atoms with Gasteiger partial charge in [-0.05, 0) is 47.2 Å². The van der Waals surface area contributed by atoms with Gasteiger partial charge in [0.25, 0.3) is 0 Å². The molecule has 0 amide bonds. The lowest BCUT2D eigenvalue weighted by Gasteiger charge is -2.24. The van der Waals surface area contributed by atoms with Crippen LogP contribution in [0.5, 0.6) is 0 Å². The Morgan fingerprint density at radius 3 is 2.23 bits per heavy atom. The third-order valence-corrected chi connectivity index (χ3v) is 5.79. The van der Waals surface area contributed by atoms with E-state index in [4.69, 9.17) is 0 Å². The molecule has 1 aliphatic rings. The molecule has 30 heavy (non-hydrogen) atoms. The quantitative estimate of drug-likeness (QED) is 0.460. The van der Waals surface area contributed by atoms with Crippen LogP contribution in [0.1, 0.15) is 70.0 Å². The maximum atomic E-state index is 13.4. The van der Waals surface area contributed by atoms with E-state index in [1.54, 1.807) is 24.3 Å². The average Bonchev–Trinajstić information content (AvgIpc) is 3.13. The number of carbonyl (C=O) groups excluding carboxylic acids is 1. The van der Waals surface area contributed by atoms with E-state index in [-0.39, 0.29) is 23.5 Å². The normalized spacial score (nSPS) is 16.6.